The molecular formula is C21H26BrClN6O3S. The maximum Gasteiger partial charge on any atom is 0.255 e. The molecule has 0 radical (unpaired) electrons. The number of thioether (sulfide) groups is 1. The normalized spacial score (nSPS) is 10.5. The van der Waals surface area contributed by atoms with Crippen LogP contribution < -0.4 is 20.5 Å². The molecule has 0 unspecified atom stereocenters. The minimum atomic E-state index is -0.541. The molecule has 9 nitrogen and oxygen atoms in total. The predicted octanol–water partition coefficient (Wildman–Crippen LogP) is 3.38. The average Bonchev–Trinajstić information content (AvgIpc) is 3.25. The molecular weight excluding hydrogens is 532 g/mol. The van der Waals surface area contributed by atoms with Crippen molar-refractivity contribution in [2.24, 2.45) is 5.73 Å². The van der Waals surface area contributed by atoms with Crippen molar-refractivity contribution in [1.29, 1.82) is 0 Å². The second kappa shape index (κ2) is 14.0. The zero-order chi connectivity index (χ0) is 22.8. The third-order valence-electron chi connectivity index (χ3n) is 4.23. The van der Waals surface area contributed by atoms with Gasteiger partial charge in [-0.25, -0.2) is 0 Å². The first-order valence-corrected chi connectivity index (χ1v) is 11.9. The lowest BCUT2D eigenvalue weighted by molar-refractivity contribution is -0.119. The van der Waals surface area contributed by atoms with E-state index in [1.165, 1.54) is 0 Å². The van der Waals surface area contributed by atoms with Crippen molar-refractivity contribution in [2.45, 2.75) is 25.0 Å². The number of nitrogens with two attached hydrogens (primary N) is 1. The summed E-state index contributed by atoms with van der Waals surface area (Å²) in [6, 6.07) is 13.7. The van der Waals surface area contributed by atoms with Gasteiger partial charge in [-0.15, -0.1) is 17.5 Å². The van der Waals surface area contributed by atoms with Crippen molar-refractivity contribution in [1.82, 2.24) is 25.5 Å². The summed E-state index contributed by atoms with van der Waals surface area (Å²) >= 11 is 5.11. The molecule has 0 saturated carbocycles. The maximum atomic E-state index is 11.0. The number of rotatable bonds is 13. The van der Waals surface area contributed by atoms with Gasteiger partial charge in [0.15, 0.2) is 18.1 Å². The summed E-state index contributed by atoms with van der Waals surface area (Å²) in [4.78, 5) is 11.0. The van der Waals surface area contributed by atoms with Crippen LogP contribution in [-0.2, 0) is 11.3 Å². The molecule has 3 N–H and O–H groups in total. The molecule has 3 aromatic rings. The number of hydrogen-bond acceptors (Lipinski definition) is 8. The van der Waals surface area contributed by atoms with E-state index in [4.69, 9.17) is 15.2 Å². The van der Waals surface area contributed by atoms with Crippen LogP contribution in [0.4, 0.5) is 0 Å². The Hall–Kier alpha value is -2.34. The van der Waals surface area contributed by atoms with Crippen LogP contribution in [0.1, 0.15) is 18.9 Å². The van der Waals surface area contributed by atoms with Crippen LogP contribution in [0, 0.1) is 0 Å². The van der Waals surface area contributed by atoms with E-state index in [1.54, 1.807) is 16.4 Å². The topological polar surface area (TPSA) is 117 Å². The smallest absolute Gasteiger partial charge is 0.255 e. The Morgan fingerprint density at radius 1 is 1.24 bits per heavy atom. The highest BCUT2D eigenvalue weighted by Gasteiger charge is 2.13. The number of carbonyl (C=O) groups excluding carboxylic acids is 1. The van der Waals surface area contributed by atoms with E-state index in [1.807, 2.05) is 49.4 Å². The lowest BCUT2D eigenvalue weighted by Crippen LogP contribution is -2.20. The molecule has 2 aromatic carbocycles. The first-order chi connectivity index (χ1) is 15.6. The van der Waals surface area contributed by atoms with Gasteiger partial charge in [-0.2, -0.15) is 4.68 Å². The summed E-state index contributed by atoms with van der Waals surface area (Å²) in [5.41, 5.74) is 7.15. The van der Waals surface area contributed by atoms with Crippen molar-refractivity contribution in [3.63, 3.8) is 0 Å². The summed E-state index contributed by atoms with van der Waals surface area (Å²) in [5.74, 6) is 1.39. The van der Waals surface area contributed by atoms with E-state index in [9.17, 15) is 4.79 Å². The highest BCUT2D eigenvalue weighted by molar-refractivity contribution is 9.10. The molecule has 178 valence electrons. The molecule has 33 heavy (non-hydrogen) atoms. The molecule has 0 aliphatic rings. The number of tetrazole rings is 1. The Labute approximate surface area is 211 Å². The summed E-state index contributed by atoms with van der Waals surface area (Å²) in [5, 5.41) is 16.2. The van der Waals surface area contributed by atoms with Crippen LogP contribution in [-0.4, -0.2) is 51.6 Å². The van der Waals surface area contributed by atoms with E-state index in [2.05, 4.69) is 36.8 Å². The number of primary amides is 1. The number of carbonyl (C=O) groups is 1. The zero-order valence-electron chi connectivity index (χ0n) is 18.1. The third-order valence-corrected chi connectivity index (χ3v) is 5.82. The van der Waals surface area contributed by atoms with Crippen molar-refractivity contribution < 1.29 is 14.3 Å². The van der Waals surface area contributed by atoms with Gasteiger partial charge < -0.3 is 20.5 Å². The molecule has 1 aromatic heterocycles. The maximum absolute atomic E-state index is 11.0. The van der Waals surface area contributed by atoms with Crippen molar-refractivity contribution in [3.05, 3.63) is 52.5 Å². The number of para-hydroxylation sites is 1. The highest BCUT2D eigenvalue weighted by atomic mass is 79.9. The van der Waals surface area contributed by atoms with Gasteiger partial charge in [-0.05, 0) is 76.1 Å². The number of nitrogens with zero attached hydrogens (tertiary/aromatic N) is 4. The fourth-order valence-electron chi connectivity index (χ4n) is 2.86. The lowest BCUT2D eigenvalue weighted by Gasteiger charge is -2.15. The molecule has 1 heterocycles. The fourth-order valence-corrected chi connectivity index (χ4v) is 4.30. The predicted molar refractivity (Wildman–Crippen MR) is 133 cm³/mol. The van der Waals surface area contributed by atoms with Gasteiger partial charge >= 0.3 is 0 Å². The number of halogens is 2. The van der Waals surface area contributed by atoms with Gasteiger partial charge in [-0.1, -0.05) is 30.0 Å². The molecule has 0 fully saturated rings. The molecule has 0 aliphatic heterocycles. The third kappa shape index (κ3) is 8.18. The molecule has 0 aliphatic carbocycles. The van der Waals surface area contributed by atoms with Crippen LogP contribution in [0.15, 0.2) is 52.1 Å². The minimum Gasteiger partial charge on any atom is -0.490 e. The number of amides is 1. The van der Waals surface area contributed by atoms with E-state index >= 15 is 0 Å². The van der Waals surface area contributed by atoms with E-state index in [0.29, 0.717) is 29.1 Å². The molecule has 0 bridgehead atoms. The lowest BCUT2D eigenvalue weighted by atomic mass is 10.2. The monoisotopic (exact) mass is 556 g/mol. The Kier molecular flexibility index (Phi) is 11.4. The summed E-state index contributed by atoms with van der Waals surface area (Å²) in [6.07, 6.45) is 0.950. The molecule has 0 atom stereocenters. The number of aromatic nitrogens is 4. The van der Waals surface area contributed by atoms with Gasteiger partial charge in [0.25, 0.3) is 5.91 Å². The SMILES string of the molecule is CCOc1cc(CNCCCSc2nnnn2-c2ccccc2)cc(Br)c1OCC(N)=O.Cl. The number of ether oxygens (including phenoxy) is 2. The fraction of sp³-hybridized carbons (Fsp3) is 0.333. The Bertz CT molecular complexity index is 1020. The second-order valence-electron chi connectivity index (χ2n) is 6.68. The van der Waals surface area contributed by atoms with E-state index < -0.39 is 5.91 Å². The van der Waals surface area contributed by atoms with E-state index in [0.717, 1.165) is 35.1 Å². The molecule has 3 rings (SSSR count). The number of hydrogen-bond donors (Lipinski definition) is 2. The number of nitrogens with one attached hydrogen (secondary N) is 1. The van der Waals surface area contributed by atoms with Crippen LogP contribution in [0.2, 0.25) is 0 Å². The van der Waals surface area contributed by atoms with Gasteiger partial charge in [0.1, 0.15) is 0 Å². The highest BCUT2D eigenvalue weighted by Crippen LogP contribution is 2.37. The second-order valence-corrected chi connectivity index (χ2v) is 8.60. The van der Waals surface area contributed by atoms with Gasteiger partial charge in [-0.3, -0.25) is 4.79 Å². The Morgan fingerprint density at radius 2 is 2.03 bits per heavy atom. The van der Waals surface area contributed by atoms with Crippen molar-refractivity contribution >= 4 is 46.0 Å². The van der Waals surface area contributed by atoms with E-state index in [-0.39, 0.29) is 19.0 Å². The summed E-state index contributed by atoms with van der Waals surface area (Å²) in [7, 11) is 0. The molecule has 1 amide bonds. The Morgan fingerprint density at radius 3 is 2.76 bits per heavy atom. The summed E-state index contributed by atoms with van der Waals surface area (Å²) < 4.78 is 13.6. The minimum absolute atomic E-state index is 0. The van der Waals surface area contributed by atoms with Crippen molar-refractivity contribution in [3.8, 4) is 17.2 Å². The van der Waals surface area contributed by atoms with Crippen LogP contribution in [0.5, 0.6) is 11.5 Å². The largest absolute Gasteiger partial charge is 0.490 e. The van der Waals surface area contributed by atoms with Crippen LogP contribution >= 0.6 is 40.1 Å². The van der Waals surface area contributed by atoms with Crippen molar-refractivity contribution in [2.75, 3.05) is 25.5 Å². The first-order valence-electron chi connectivity index (χ1n) is 10.1. The number of benzene rings is 2. The van der Waals surface area contributed by atoms with Gasteiger partial charge in [0, 0.05) is 12.3 Å². The Balaban J connectivity index is 0.00000385. The van der Waals surface area contributed by atoms with Crippen LogP contribution in [0.3, 0.4) is 0 Å². The standard InChI is InChI=1S/C21H25BrN6O3S.ClH/c1-2-30-18-12-15(11-17(22)20(18)31-14-19(23)29)13-24-9-6-10-32-21-25-26-27-28(21)16-7-4-3-5-8-16;/h3-5,7-8,11-12,24H,2,6,9-10,13-14H2,1H3,(H2,23,29);1H. The summed E-state index contributed by atoms with van der Waals surface area (Å²) in [6.45, 7) is 3.67. The molecule has 0 spiro atoms. The zero-order valence-corrected chi connectivity index (χ0v) is 21.3. The van der Waals surface area contributed by atoms with Gasteiger partial charge in [0.05, 0.1) is 16.8 Å². The average molecular weight is 558 g/mol. The molecule has 12 heteroatoms. The van der Waals surface area contributed by atoms with Gasteiger partial charge in [0.2, 0.25) is 5.16 Å². The van der Waals surface area contributed by atoms with Crippen LogP contribution in [0.25, 0.3) is 5.69 Å². The first kappa shape index (κ1) is 26.9. The quantitative estimate of drug-likeness (QED) is 0.243. The molecule has 0 saturated heterocycles.